The first-order chi connectivity index (χ1) is 8.08. The third-order valence-electron chi connectivity index (χ3n) is 2.72. The fourth-order valence-electron chi connectivity index (χ4n) is 1.89. The summed E-state index contributed by atoms with van der Waals surface area (Å²) in [6.07, 6.45) is 0. The molecule has 2 rings (SSSR count). The molecule has 1 saturated heterocycles. The van der Waals surface area contributed by atoms with Crippen molar-refractivity contribution in [3.8, 4) is 0 Å². The fraction of sp³-hybridized carbons (Fsp3) is 0.636. The molecule has 0 radical (unpaired) electrons. The molecule has 94 valence electrons. The minimum atomic E-state index is -0.0447. The van der Waals surface area contributed by atoms with Crippen LogP contribution in [0.5, 0.6) is 0 Å². The van der Waals surface area contributed by atoms with Gasteiger partial charge in [0.1, 0.15) is 0 Å². The van der Waals surface area contributed by atoms with E-state index in [1.54, 1.807) is 23.1 Å². The molecule has 1 aromatic heterocycles. The zero-order valence-corrected chi connectivity index (χ0v) is 11.9. The molecule has 1 aliphatic rings. The van der Waals surface area contributed by atoms with Gasteiger partial charge in [0.2, 0.25) is 5.91 Å². The van der Waals surface area contributed by atoms with Crippen molar-refractivity contribution < 1.29 is 4.79 Å². The van der Waals surface area contributed by atoms with Crippen molar-refractivity contribution in [3.63, 3.8) is 0 Å². The molecule has 2 atom stereocenters. The third-order valence-corrected chi connectivity index (χ3v) is 4.92. The molecule has 2 heterocycles. The van der Waals surface area contributed by atoms with Gasteiger partial charge in [-0.2, -0.15) is 0 Å². The Morgan fingerprint density at radius 3 is 2.88 bits per heavy atom. The second-order valence-corrected chi connectivity index (χ2v) is 6.45. The Morgan fingerprint density at radius 2 is 2.35 bits per heavy atom. The van der Waals surface area contributed by atoms with Crippen LogP contribution in [0.15, 0.2) is 0 Å². The highest BCUT2D eigenvalue weighted by molar-refractivity contribution is 7.99. The topological polar surface area (TPSA) is 54.0 Å². The summed E-state index contributed by atoms with van der Waals surface area (Å²) in [7, 11) is 0. The number of hydrogen-bond donors (Lipinski definition) is 2. The number of carbonyl (C=O) groups excluding carboxylic acids is 1. The van der Waals surface area contributed by atoms with E-state index in [4.69, 9.17) is 0 Å². The summed E-state index contributed by atoms with van der Waals surface area (Å²) in [5, 5.41) is 7.27. The summed E-state index contributed by atoms with van der Waals surface area (Å²) >= 11 is 3.41. The molecule has 1 aromatic rings. The number of amides is 1. The number of nitrogens with zero attached hydrogens (tertiary/aromatic N) is 1. The van der Waals surface area contributed by atoms with Crippen LogP contribution >= 0.6 is 23.1 Å². The van der Waals surface area contributed by atoms with Crippen LogP contribution < -0.4 is 10.6 Å². The Hall–Kier alpha value is -0.590. The molecule has 6 heteroatoms. The molecule has 0 spiro atoms. The van der Waals surface area contributed by atoms with Crippen molar-refractivity contribution >= 4 is 29.0 Å². The number of aromatic nitrogens is 1. The monoisotopic (exact) mass is 271 g/mol. The van der Waals surface area contributed by atoms with E-state index in [0.717, 1.165) is 27.2 Å². The van der Waals surface area contributed by atoms with Gasteiger partial charge in [0.15, 0.2) is 0 Å². The van der Waals surface area contributed by atoms with Crippen molar-refractivity contribution in [2.75, 3.05) is 11.6 Å². The summed E-state index contributed by atoms with van der Waals surface area (Å²) in [6, 6.07) is -0.00197. The standard InChI is InChI=1S/C11H17N3OS2/c1-6-10(17-8(3)13-6)7(2)14-11(15)9-4-16-5-12-9/h7,9,12H,4-5H2,1-3H3,(H,14,15). The van der Waals surface area contributed by atoms with Crippen LogP contribution in [0.2, 0.25) is 0 Å². The second-order valence-electron chi connectivity index (χ2n) is 4.18. The van der Waals surface area contributed by atoms with E-state index in [2.05, 4.69) is 15.6 Å². The van der Waals surface area contributed by atoms with Gasteiger partial charge >= 0.3 is 0 Å². The maximum atomic E-state index is 11.9. The average Bonchev–Trinajstić information content (AvgIpc) is 2.87. The van der Waals surface area contributed by atoms with E-state index < -0.39 is 0 Å². The maximum absolute atomic E-state index is 11.9. The number of thioether (sulfide) groups is 1. The smallest absolute Gasteiger partial charge is 0.238 e. The predicted molar refractivity (Wildman–Crippen MR) is 72.4 cm³/mol. The van der Waals surface area contributed by atoms with Gasteiger partial charge in [0.25, 0.3) is 0 Å². The predicted octanol–water partition coefficient (Wildman–Crippen LogP) is 1.60. The number of aryl methyl sites for hydroxylation is 2. The lowest BCUT2D eigenvalue weighted by Crippen LogP contribution is -2.42. The fourth-order valence-corrected chi connectivity index (χ4v) is 3.76. The molecular formula is C11H17N3OS2. The first kappa shape index (κ1) is 12.9. The van der Waals surface area contributed by atoms with Crippen LogP contribution in [0, 0.1) is 13.8 Å². The Labute approximate surface area is 110 Å². The summed E-state index contributed by atoms with van der Waals surface area (Å²) in [6.45, 7) is 6.00. The van der Waals surface area contributed by atoms with Gasteiger partial charge in [-0.25, -0.2) is 4.98 Å². The maximum Gasteiger partial charge on any atom is 0.238 e. The number of thiazole rings is 1. The molecule has 0 aliphatic carbocycles. The van der Waals surface area contributed by atoms with Crippen molar-refractivity contribution in [2.24, 2.45) is 0 Å². The van der Waals surface area contributed by atoms with Gasteiger partial charge in [0.05, 0.1) is 22.8 Å². The minimum Gasteiger partial charge on any atom is -0.347 e. The molecule has 17 heavy (non-hydrogen) atoms. The lowest BCUT2D eigenvalue weighted by atomic mass is 10.2. The zero-order valence-electron chi connectivity index (χ0n) is 10.2. The number of nitrogens with one attached hydrogen (secondary N) is 2. The van der Waals surface area contributed by atoms with E-state index in [-0.39, 0.29) is 18.0 Å². The summed E-state index contributed by atoms with van der Waals surface area (Å²) in [4.78, 5) is 17.5. The van der Waals surface area contributed by atoms with Crippen LogP contribution in [0.4, 0.5) is 0 Å². The van der Waals surface area contributed by atoms with Crippen molar-refractivity contribution in [1.82, 2.24) is 15.6 Å². The largest absolute Gasteiger partial charge is 0.347 e. The van der Waals surface area contributed by atoms with E-state index in [0.29, 0.717) is 0 Å². The summed E-state index contributed by atoms with van der Waals surface area (Å²) < 4.78 is 0. The van der Waals surface area contributed by atoms with Crippen LogP contribution in [0.1, 0.15) is 28.5 Å². The van der Waals surface area contributed by atoms with Crippen LogP contribution in [0.25, 0.3) is 0 Å². The zero-order chi connectivity index (χ0) is 12.4. The Bertz CT molecular complexity index is 413. The third kappa shape index (κ3) is 3.00. The Kier molecular flexibility index (Phi) is 4.06. The molecule has 1 aliphatic heterocycles. The first-order valence-electron chi connectivity index (χ1n) is 5.63. The second kappa shape index (κ2) is 5.37. The van der Waals surface area contributed by atoms with Crippen molar-refractivity contribution in [1.29, 1.82) is 0 Å². The summed E-state index contributed by atoms with van der Waals surface area (Å²) in [5.41, 5.74) is 1.02. The molecule has 0 aromatic carbocycles. The average molecular weight is 271 g/mol. The lowest BCUT2D eigenvalue weighted by Gasteiger charge is -2.16. The number of carbonyl (C=O) groups is 1. The number of rotatable bonds is 3. The molecule has 0 bridgehead atoms. The first-order valence-corrected chi connectivity index (χ1v) is 7.60. The molecule has 2 N–H and O–H groups in total. The molecule has 2 unspecified atom stereocenters. The van der Waals surface area contributed by atoms with Crippen LogP contribution in [-0.4, -0.2) is 28.6 Å². The van der Waals surface area contributed by atoms with Crippen molar-refractivity contribution in [3.05, 3.63) is 15.6 Å². The van der Waals surface area contributed by atoms with Gasteiger partial charge < -0.3 is 5.32 Å². The van der Waals surface area contributed by atoms with E-state index in [1.165, 1.54) is 0 Å². The summed E-state index contributed by atoms with van der Waals surface area (Å²) in [5.74, 6) is 1.82. The van der Waals surface area contributed by atoms with Gasteiger partial charge in [0, 0.05) is 16.5 Å². The van der Waals surface area contributed by atoms with Gasteiger partial charge in [-0.05, 0) is 20.8 Å². The van der Waals surface area contributed by atoms with Gasteiger partial charge in [-0.3, -0.25) is 10.1 Å². The molecule has 0 saturated carbocycles. The molecule has 1 amide bonds. The highest BCUT2D eigenvalue weighted by atomic mass is 32.2. The van der Waals surface area contributed by atoms with E-state index >= 15 is 0 Å². The van der Waals surface area contributed by atoms with Crippen molar-refractivity contribution in [2.45, 2.75) is 32.9 Å². The van der Waals surface area contributed by atoms with Crippen LogP contribution in [-0.2, 0) is 4.79 Å². The molecular weight excluding hydrogens is 254 g/mol. The van der Waals surface area contributed by atoms with E-state index in [1.807, 2.05) is 20.8 Å². The Morgan fingerprint density at radius 1 is 1.59 bits per heavy atom. The quantitative estimate of drug-likeness (QED) is 0.877. The lowest BCUT2D eigenvalue weighted by molar-refractivity contribution is -0.123. The van der Waals surface area contributed by atoms with Gasteiger partial charge in [-0.1, -0.05) is 0 Å². The van der Waals surface area contributed by atoms with Crippen LogP contribution in [0.3, 0.4) is 0 Å². The molecule has 1 fully saturated rings. The highest BCUT2D eigenvalue weighted by Crippen LogP contribution is 2.24. The highest BCUT2D eigenvalue weighted by Gasteiger charge is 2.24. The minimum absolute atomic E-state index is 0.0427. The van der Waals surface area contributed by atoms with E-state index in [9.17, 15) is 4.79 Å². The molecule has 4 nitrogen and oxygen atoms in total. The Balaban J connectivity index is 1.98. The normalized spacial score (nSPS) is 21.5. The SMILES string of the molecule is Cc1nc(C)c(C(C)NC(=O)C2CSCN2)s1. The van der Waals surface area contributed by atoms with Gasteiger partial charge in [-0.15, -0.1) is 23.1 Å². The number of hydrogen-bond acceptors (Lipinski definition) is 5.